The largest absolute Gasteiger partial charge is 0.494 e. The van der Waals surface area contributed by atoms with Gasteiger partial charge in [-0.15, -0.1) is 0 Å². The molecule has 1 atom stereocenters. The van der Waals surface area contributed by atoms with Gasteiger partial charge in [0.25, 0.3) is 6.43 Å². The van der Waals surface area contributed by atoms with Crippen LogP contribution in [0.2, 0.25) is 0 Å². The van der Waals surface area contributed by atoms with Crippen LogP contribution in [0.15, 0.2) is 18.2 Å². The molecule has 0 fully saturated rings. The standard InChI is InChI=1S/C9H11F3N2O/c1-15-7-3-2-5(4-6(7)10)8(14-13)9(11)12/h2-4,8-9,14H,13H2,1H3. The number of ether oxygens (including phenoxy) is 1. The van der Waals surface area contributed by atoms with Crippen molar-refractivity contribution in [3.63, 3.8) is 0 Å². The van der Waals surface area contributed by atoms with E-state index in [1.54, 1.807) is 0 Å². The number of halogens is 3. The Hall–Kier alpha value is -1.27. The Morgan fingerprint density at radius 1 is 1.40 bits per heavy atom. The van der Waals surface area contributed by atoms with E-state index in [9.17, 15) is 13.2 Å². The average Bonchev–Trinajstić information content (AvgIpc) is 2.18. The zero-order valence-corrected chi connectivity index (χ0v) is 8.01. The second-order valence-corrected chi connectivity index (χ2v) is 2.87. The fourth-order valence-corrected chi connectivity index (χ4v) is 1.19. The summed E-state index contributed by atoms with van der Waals surface area (Å²) in [7, 11) is 1.30. The van der Waals surface area contributed by atoms with Crippen molar-refractivity contribution in [3.05, 3.63) is 29.6 Å². The van der Waals surface area contributed by atoms with Gasteiger partial charge in [-0.25, -0.2) is 18.6 Å². The Balaban J connectivity index is 3.00. The number of nitrogens with two attached hydrogens (primary N) is 1. The second-order valence-electron chi connectivity index (χ2n) is 2.87. The number of hydrogen-bond acceptors (Lipinski definition) is 3. The molecule has 0 aliphatic carbocycles. The third kappa shape index (κ3) is 2.60. The minimum atomic E-state index is -2.71. The lowest BCUT2D eigenvalue weighted by Gasteiger charge is -2.15. The quantitative estimate of drug-likeness (QED) is 0.598. The molecule has 0 spiro atoms. The molecule has 0 bridgehead atoms. The molecule has 6 heteroatoms. The van der Waals surface area contributed by atoms with Crippen molar-refractivity contribution in [1.82, 2.24) is 5.43 Å². The van der Waals surface area contributed by atoms with Crippen LogP contribution in [0.3, 0.4) is 0 Å². The number of hydrazine groups is 1. The molecule has 1 rings (SSSR count). The van der Waals surface area contributed by atoms with Crippen LogP contribution in [-0.2, 0) is 0 Å². The first-order valence-electron chi connectivity index (χ1n) is 4.18. The van der Waals surface area contributed by atoms with Crippen molar-refractivity contribution < 1.29 is 17.9 Å². The van der Waals surface area contributed by atoms with E-state index >= 15 is 0 Å². The Morgan fingerprint density at radius 3 is 2.47 bits per heavy atom. The molecule has 0 saturated heterocycles. The minimum Gasteiger partial charge on any atom is -0.494 e. The lowest BCUT2D eigenvalue weighted by molar-refractivity contribution is 0.0985. The van der Waals surface area contributed by atoms with Gasteiger partial charge >= 0.3 is 0 Å². The summed E-state index contributed by atoms with van der Waals surface area (Å²) >= 11 is 0. The van der Waals surface area contributed by atoms with E-state index in [1.807, 2.05) is 5.43 Å². The third-order valence-corrected chi connectivity index (χ3v) is 1.97. The van der Waals surface area contributed by atoms with Crippen molar-refractivity contribution in [2.75, 3.05) is 7.11 Å². The summed E-state index contributed by atoms with van der Waals surface area (Å²) in [6.45, 7) is 0. The SMILES string of the molecule is COc1ccc(C(NN)C(F)F)cc1F. The maximum absolute atomic E-state index is 13.2. The fraction of sp³-hybridized carbons (Fsp3) is 0.333. The third-order valence-electron chi connectivity index (χ3n) is 1.97. The van der Waals surface area contributed by atoms with E-state index in [1.165, 1.54) is 19.2 Å². The molecular weight excluding hydrogens is 209 g/mol. The van der Waals surface area contributed by atoms with Gasteiger partial charge < -0.3 is 4.74 Å². The second kappa shape index (κ2) is 4.99. The number of benzene rings is 1. The topological polar surface area (TPSA) is 47.3 Å². The summed E-state index contributed by atoms with van der Waals surface area (Å²) in [6, 6.07) is 2.19. The maximum atomic E-state index is 13.2. The van der Waals surface area contributed by atoms with Crippen LogP contribution >= 0.6 is 0 Å². The Bertz CT molecular complexity index is 333. The highest BCUT2D eigenvalue weighted by Crippen LogP contribution is 2.24. The average molecular weight is 220 g/mol. The molecule has 0 aromatic heterocycles. The van der Waals surface area contributed by atoms with Crippen molar-refractivity contribution in [2.45, 2.75) is 12.5 Å². The van der Waals surface area contributed by atoms with Gasteiger partial charge in [0.2, 0.25) is 0 Å². The normalized spacial score (nSPS) is 12.9. The summed E-state index contributed by atoms with van der Waals surface area (Å²) in [5.74, 6) is 4.25. The van der Waals surface area contributed by atoms with Crippen LogP contribution in [0.25, 0.3) is 0 Å². The number of rotatable bonds is 4. The molecule has 0 saturated carbocycles. The van der Waals surface area contributed by atoms with E-state index in [-0.39, 0.29) is 11.3 Å². The van der Waals surface area contributed by atoms with Crippen LogP contribution < -0.4 is 16.0 Å². The van der Waals surface area contributed by atoms with E-state index in [0.717, 1.165) is 6.07 Å². The highest BCUT2D eigenvalue weighted by atomic mass is 19.3. The maximum Gasteiger partial charge on any atom is 0.259 e. The lowest BCUT2D eigenvalue weighted by Crippen LogP contribution is -2.32. The number of hydrogen-bond donors (Lipinski definition) is 2. The Labute approximate surface area is 85.0 Å². The molecule has 84 valence electrons. The molecule has 3 nitrogen and oxygen atoms in total. The Kier molecular flexibility index (Phi) is 3.93. The molecule has 3 N–H and O–H groups in total. The summed E-state index contributed by atoms with van der Waals surface area (Å²) in [6.07, 6.45) is -2.71. The van der Waals surface area contributed by atoms with Crippen LogP contribution in [0.4, 0.5) is 13.2 Å². The predicted octanol–water partition coefficient (Wildman–Crippen LogP) is 1.60. The summed E-state index contributed by atoms with van der Waals surface area (Å²) < 4.78 is 42.6. The summed E-state index contributed by atoms with van der Waals surface area (Å²) in [5.41, 5.74) is 2.00. The number of alkyl halides is 2. The Morgan fingerprint density at radius 2 is 2.07 bits per heavy atom. The van der Waals surface area contributed by atoms with Gasteiger partial charge in [-0.1, -0.05) is 6.07 Å². The van der Waals surface area contributed by atoms with Crippen LogP contribution in [0.1, 0.15) is 11.6 Å². The molecule has 1 unspecified atom stereocenters. The first kappa shape index (κ1) is 11.8. The molecule has 0 radical (unpaired) electrons. The zero-order chi connectivity index (χ0) is 11.4. The zero-order valence-electron chi connectivity index (χ0n) is 8.01. The van der Waals surface area contributed by atoms with E-state index in [0.29, 0.717) is 0 Å². The van der Waals surface area contributed by atoms with Crippen molar-refractivity contribution in [3.8, 4) is 5.75 Å². The molecule has 0 amide bonds. The molecule has 0 aliphatic rings. The molecular formula is C9H11F3N2O. The van der Waals surface area contributed by atoms with Crippen molar-refractivity contribution in [1.29, 1.82) is 0 Å². The number of methoxy groups -OCH3 is 1. The van der Waals surface area contributed by atoms with E-state index < -0.39 is 18.3 Å². The smallest absolute Gasteiger partial charge is 0.259 e. The van der Waals surface area contributed by atoms with Gasteiger partial charge in [-0.2, -0.15) is 0 Å². The lowest BCUT2D eigenvalue weighted by atomic mass is 10.1. The first-order valence-corrected chi connectivity index (χ1v) is 4.18. The van der Waals surface area contributed by atoms with Crippen LogP contribution in [0.5, 0.6) is 5.75 Å². The monoisotopic (exact) mass is 220 g/mol. The highest BCUT2D eigenvalue weighted by Gasteiger charge is 2.21. The van der Waals surface area contributed by atoms with Gasteiger partial charge in [-0.3, -0.25) is 5.84 Å². The van der Waals surface area contributed by atoms with Gasteiger partial charge in [0.15, 0.2) is 11.6 Å². The van der Waals surface area contributed by atoms with Gasteiger partial charge in [-0.05, 0) is 17.7 Å². The fourth-order valence-electron chi connectivity index (χ4n) is 1.19. The summed E-state index contributed by atoms with van der Waals surface area (Å²) in [5, 5.41) is 0. The van der Waals surface area contributed by atoms with Crippen molar-refractivity contribution >= 4 is 0 Å². The molecule has 1 aromatic rings. The van der Waals surface area contributed by atoms with E-state index in [4.69, 9.17) is 5.84 Å². The molecule has 1 aromatic carbocycles. The first-order chi connectivity index (χ1) is 7.10. The highest BCUT2D eigenvalue weighted by molar-refractivity contribution is 5.31. The molecule has 15 heavy (non-hydrogen) atoms. The minimum absolute atomic E-state index is 0.00351. The van der Waals surface area contributed by atoms with Gasteiger partial charge in [0, 0.05) is 0 Å². The predicted molar refractivity (Wildman–Crippen MR) is 49.0 cm³/mol. The summed E-state index contributed by atoms with van der Waals surface area (Å²) in [4.78, 5) is 0. The van der Waals surface area contributed by atoms with Gasteiger partial charge in [0.1, 0.15) is 6.04 Å². The van der Waals surface area contributed by atoms with Crippen LogP contribution in [0, 0.1) is 5.82 Å². The van der Waals surface area contributed by atoms with Crippen molar-refractivity contribution in [2.24, 2.45) is 5.84 Å². The molecule has 0 heterocycles. The van der Waals surface area contributed by atoms with E-state index in [2.05, 4.69) is 4.74 Å². The molecule has 0 aliphatic heterocycles. The number of nitrogens with one attached hydrogen (secondary N) is 1. The van der Waals surface area contributed by atoms with Gasteiger partial charge in [0.05, 0.1) is 7.11 Å². The van der Waals surface area contributed by atoms with Crippen LogP contribution in [-0.4, -0.2) is 13.5 Å².